The van der Waals surface area contributed by atoms with Crippen molar-refractivity contribution in [2.45, 2.75) is 13.0 Å². The lowest BCUT2D eigenvalue weighted by Gasteiger charge is -2.32. The van der Waals surface area contributed by atoms with Crippen LogP contribution in [0.5, 0.6) is 5.88 Å². The molecule has 1 aromatic heterocycles. The van der Waals surface area contributed by atoms with Crippen molar-refractivity contribution in [1.82, 2.24) is 9.88 Å². The van der Waals surface area contributed by atoms with Crippen molar-refractivity contribution in [3.8, 4) is 5.88 Å². The SMILES string of the molecule is CCOc1ccc(C(=O)N2CCOC[C@@H]2C(=O)O)cn1. The van der Waals surface area contributed by atoms with Crippen LogP contribution in [0.1, 0.15) is 17.3 Å². The first-order valence-electron chi connectivity index (χ1n) is 6.34. The van der Waals surface area contributed by atoms with Crippen LogP contribution in [-0.2, 0) is 9.53 Å². The highest BCUT2D eigenvalue weighted by atomic mass is 16.5. The number of aromatic nitrogens is 1. The second-order valence-electron chi connectivity index (χ2n) is 4.25. The van der Waals surface area contributed by atoms with E-state index >= 15 is 0 Å². The molecule has 0 unspecified atom stereocenters. The fourth-order valence-corrected chi connectivity index (χ4v) is 1.96. The second kappa shape index (κ2) is 6.33. The van der Waals surface area contributed by atoms with Crippen molar-refractivity contribution in [2.24, 2.45) is 0 Å². The Labute approximate surface area is 116 Å². The number of pyridine rings is 1. The molecule has 1 saturated heterocycles. The maximum absolute atomic E-state index is 12.3. The summed E-state index contributed by atoms with van der Waals surface area (Å²) in [6, 6.07) is 2.21. The average molecular weight is 280 g/mol. The van der Waals surface area contributed by atoms with E-state index in [9.17, 15) is 9.59 Å². The van der Waals surface area contributed by atoms with Gasteiger partial charge in [0.1, 0.15) is 0 Å². The monoisotopic (exact) mass is 280 g/mol. The fourth-order valence-electron chi connectivity index (χ4n) is 1.96. The van der Waals surface area contributed by atoms with Crippen LogP contribution in [-0.4, -0.2) is 59.3 Å². The summed E-state index contributed by atoms with van der Waals surface area (Å²) in [5.41, 5.74) is 0.335. The van der Waals surface area contributed by atoms with Gasteiger partial charge in [0.2, 0.25) is 5.88 Å². The number of hydrogen-bond donors (Lipinski definition) is 1. The quantitative estimate of drug-likeness (QED) is 0.859. The van der Waals surface area contributed by atoms with E-state index in [0.29, 0.717) is 24.7 Å². The summed E-state index contributed by atoms with van der Waals surface area (Å²) in [7, 11) is 0. The lowest BCUT2D eigenvalue weighted by atomic mass is 10.1. The first-order chi connectivity index (χ1) is 9.63. The largest absolute Gasteiger partial charge is 0.480 e. The van der Waals surface area contributed by atoms with Crippen molar-refractivity contribution in [3.63, 3.8) is 0 Å². The molecular weight excluding hydrogens is 264 g/mol. The van der Waals surface area contributed by atoms with E-state index in [0.717, 1.165) is 0 Å². The molecule has 108 valence electrons. The Morgan fingerprint density at radius 3 is 2.95 bits per heavy atom. The Balaban J connectivity index is 2.14. The zero-order valence-electron chi connectivity index (χ0n) is 11.1. The van der Waals surface area contributed by atoms with Gasteiger partial charge in [-0.2, -0.15) is 0 Å². The highest BCUT2D eigenvalue weighted by Gasteiger charge is 2.33. The van der Waals surface area contributed by atoms with Crippen LogP contribution in [0.4, 0.5) is 0 Å². The molecule has 1 aliphatic rings. The van der Waals surface area contributed by atoms with Gasteiger partial charge in [-0.1, -0.05) is 0 Å². The molecule has 0 aliphatic carbocycles. The number of morpholine rings is 1. The zero-order chi connectivity index (χ0) is 14.5. The van der Waals surface area contributed by atoms with Gasteiger partial charge in [-0.3, -0.25) is 4.79 Å². The number of nitrogens with zero attached hydrogens (tertiary/aromatic N) is 2. The number of rotatable bonds is 4. The normalized spacial score (nSPS) is 18.6. The Morgan fingerprint density at radius 1 is 1.55 bits per heavy atom. The van der Waals surface area contributed by atoms with Crippen LogP contribution >= 0.6 is 0 Å². The second-order valence-corrected chi connectivity index (χ2v) is 4.25. The summed E-state index contributed by atoms with van der Waals surface area (Å²) < 4.78 is 10.3. The van der Waals surface area contributed by atoms with E-state index in [1.807, 2.05) is 6.92 Å². The maximum Gasteiger partial charge on any atom is 0.328 e. The molecule has 0 bridgehead atoms. The molecular formula is C13H16N2O5. The van der Waals surface area contributed by atoms with Crippen LogP contribution in [0.3, 0.4) is 0 Å². The van der Waals surface area contributed by atoms with Gasteiger partial charge in [0.25, 0.3) is 5.91 Å². The van der Waals surface area contributed by atoms with E-state index in [-0.39, 0.29) is 19.1 Å². The zero-order valence-corrected chi connectivity index (χ0v) is 11.1. The molecule has 0 spiro atoms. The predicted molar refractivity (Wildman–Crippen MR) is 68.7 cm³/mol. The molecule has 2 rings (SSSR count). The molecule has 0 radical (unpaired) electrons. The minimum atomic E-state index is -1.07. The van der Waals surface area contributed by atoms with Crippen LogP contribution in [0, 0.1) is 0 Å². The molecule has 1 aromatic rings. The fraction of sp³-hybridized carbons (Fsp3) is 0.462. The number of aliphatic carboxylic acids is 1. The molecule has 1 aliphatic heterocycles. The Kier molecular flexibility index (Phi) is 4.52. The van der Waals surface area contributed by atoms with Gasteiger partial charge in [0, 0.05) is 18.8 Å². The molecule has 0 saturated carbocycles. The molecule has 1 N–H and O–H groups in total. The number of hydrogen-bond acceptors (Lipinski definition) is 5. The smallest absolute Gasteiger partial charge is 0.328 e. The van der Waals surface area contributed by atoms with E-state index in [1.54, 1.807) is 12.1 Å². The lowest BCUT2D eigenvalue weighted by molar-refractivity contribution is -0.147. The van der Waals surface area contributed by atoms with Crippen molar-refractivity contribution < 1.29 is 24.2 Å². The van der Waals surface area contributed by atoms with Gasteiger partial charge in [-0.25, -0.2) is 9.78 Å². The third-order valence-corrected chi connectivity index (χ3v) is 2.95. The maximum atomic E-state index is 12.3. The lowest BCUT2D eigenvalue weighted by Crippen LogP contribution is -2.52. The number of ether oxygens (including phenoxy) is 2. The Hall–Kier alpha value is -2.15. The van der Waals surface area contributed by atoms with Crippen LogP contribution in [0.2, 0.25) is 0 Å². The van der Waals surface area contributed by atoms with Crippen LogP contribution in [0.25, 0.3) is 0 Å². The van der Waals surface area contributed by atoms with Gasteiger partial charge in [0.15, 0.2) is 6.04 Å². The molecule has 7 heteroatoms. The van der Waals surface area contributed by atoms with Crippen molar-refractivity contribution in [2.75, 3.05) is 26.4 Å². The molecule has 7 nitrogen and oxygen atoms in total. The summed E-state index contributed by atoms with van der Waals surface area (Å²) >= 11 is 0. The summed E-state index contributed by atoms with van der Waals surface area (Å²) in [5, 5.41) is 9.11. The first kappa shape index (κ1) is 14.3. The summed E-state index contributed by atoms with van der Waals surface area (Å²) in [6.07, 6.45) is 1.39. The van der Waals surface area contributed by atoms with E-state index in [2.05, 4.69) is 4.98 Å². The highest BCUT2D eigenvalue weighted by Crippen LogP contribution is 2.14. The molecule has 0 aromatic carbocycles. The van der Waals surface area contributed by atoms with E-state index in [4.69, 9.17) is 14.6 Å². The average Bonchev–Trinajstić information content (AvgIpc) is 2.47. The van der Waals surface area contributed by atoms with Crippen molar-refractivity contribution >= 4 is 11.9 Å². The molecule has 2 heterocycles. The number of carboxylic acids is 1. The number of amides is 1. The minimum Gasteiger partial charge on any atom is -0.480 e. The van der Waals surface area contributed by atoms with Crippen LogP contribution < -0.4 is 4.74 Å². The summed E-state index contributed by atoms with van der Waals surface area (Å²) in [6.45, 7) is 2.92. The summed E-state index contributed by atoms with van der Waals surface area (Å²) in [4.78, 5) is 28.7. The van der Waals surface area contributed by atoms with Crippen LogP contribution in [0.15, 0.2) is 18.3 Å². The van der Waals surface area contributed by atoms with E-state index in [1.165, 1.54) is 11.1 Å². The molecule has 1 fully saturated rings. The van der Waals surface area contributed by atoms with Crippen molar-refractivity contribution in [1.29, 1.82) is 0 Å². The van der Waals surface area contributed by atoms with E-state index < -0.39 is 12.0 Å². The van der Waals surface area contributed by atoms with Gasteiger partial charge >= 0.3 is 5.97 Å². The number of carbonyl (C=O) groups is 2. The minimum absolute atomic E-state index is 0.00549. The van der Waals surface area contributed by atoms with Gasteiger partial charge < -0.3 is 19.5 Å². The van der Waals surface area contributed by atoms with Gasteiger partial charge in [-0.15, -0.1) is 0 Å². The molecule has 20 heavy (non-hydrogen) atoms. The number of carbonyl (C=O) groups excluding carboxylic acids is 1. The third-order valence-electron chi connectivity index (χ3n) is 2.95. The van der Waals surface area contributed by atoms with Gasteiger partial charge in [-0.05, 0) is 13.0 Å². The molecule has 1 amide bonds. The Morgan fingerprint density at radius 2 is 2.35 bits per heavy atom. The molecule has 1 atom stereocenters. The first-order valence-corrected chi connectivity index (χ1v) is 6.34. The highest BCUT2D eigenvalue weighted by molar-refractivity contribution is 5.96. The summed E-state index contributed by atoms with van der Waals surface area (Å²) in [5.74, 6) is -1.01. The number of carboxylic acid groups (broad SMARTS) is 1. The van der Waals surface area contributed by atoms with Crippen molar-refractivity contribution in [3.05, 3.63) is 23.9 Å². The third kappa shape index (κ3) is 3.05. The Bertz CT molecular complexity index is 488. The predicted octanol–water partition coefficient (Wildman–Crippen LogP) is 0.406. The standard InChI is InChI=1S/C13H16N2O5/c1-2-20-11-4-3-9(7-14-11)12(16)15-5-6-19-8-10(15)13(17)18/h3-4,7,10H,2,5-6,8H2,1H3,(H,17,18)/t10-/m1/s1. The van der Waals surface area contributed by atoms with Gasteiger partial charge in [0.05, 0.1) is 25.4 Å². The topological polar surface area (TPSA) is 89.0 Å².